The van der Waals surface area contributed by atoms with Gasteiger partial charge >= 0.3 is 5.97 Å². The van der Waals surface area contributed by atoms with Crippen LogP contribution in [0.1, 0.15) is 26.2 Å². The normalized spacial score (nSPS) is 12.5. The minimum absolute atomic E-state index is 0.0199. The Labute approximate surface area is 84.4 Å². The van der Waals surface area contributed by atoms with E-state index in [9.17, 15) is 4.79 Å². The van der Waals surface area contributed by atoms with Crippen molar-refractivity contribution in [2.24, 2.45) is 5.73 Å². The number of esters is 1. The summed E-state index contributed by atoms with van der Waals surface area (Å²) >= 11 is 1.59. The number of nitrogens with two attached hydrogens (primary N) is 1. The molecule has 0 aliphatic carbocycles. The van der Waals surface area contributed by atoms with Crippen molar-refractivity contribution in [1.82, 2.24) is 0 Å². The van der Waals surface area contributed by atoms with Gasteiger partial charge in [-0.2, -0.15) is 0 Å². The third-order valence-electron chi connectivity index (χ3n) is 1.72. The Bertz CT molecular complexity index is 134. The van der Waals surface area contributed by atoms with Gasteiger partial charge in [0, 0.05) is 12.3 Å². The zero-order chi connectivity index (χ0) is 10.1. The van der Waals surface area contributed by atoms with E-state index < -0.39 is 0 Å². The number of ether oxygens (including phenoxy) is 1. The number of carbonyl (C=O) groups is 1. The molecule has 0 radical (unpaired) electrons. The summed E-state index contributed by atoms with van der Waals surface area (Å²) in [7, 11) is 1.43. The second-order valence-corrected chi connectivity index (χ2v) is 4.12. The summed E-state index contributed by atoms with van der Waals surface area (Å²) in [5.74, 6) is 0.704. The molecule has 0 saturated carbocycles. The molecule has 0 aromatic rings. The molecule has 4 heteroatoms. The molecule has 3 nitrogen and oxygen atoms in total. The van der Waals surface area contributed by atoms with E-state index in [1.807, 2.05) is 0 Å². The summed E-state index contributed by atoms with van der Waals surface area (Å²) in [6.07, 6.45) is 3.07. The Morgan fingerprint density at radius 1 is 1.62 bits per heavy atom. The highest BCUT2D eigenvalue weighted by atomic mass is 32.2. The second kappa shape index (κ2) is 8.38. The Morgan fingerprint density at radius 2 is 2.31 bits per heavy atom. The number of methoxy groups -OCH3 is 1. The van der Waals surface area contributed by atoms with Crippen molar-refractivity contribution < 1.29 is 9.53 Å². The van der Waals surface area contributed by atoms with Crippen LogP contribution in [0.5, 0.6) is 0 Å². The van der Waals surface area contributed by atoms with Crippen LogP contribution in [0.2, 0.25) is 0 Å². The standard InChI is InChI=1S/C9H19NO2S/c1-3-4-5-8(9(11)12-2)13-7-6-10/h8H,3-7,10H2,1-2H3. The number of hydrogen-bond acceptors (Lipinski definition) is 4. The fourth-order valence-electron chi connectivity index (χ4n) is 1.00. The Balaban J connectivity index is 3.79. The summed E-state index contributed by atoms with van der Waals surface area (Å²) in [6, 6.07) is 0. The molecule has 13 heavy (non-hydrogen) atoms. The van der Waals surface area contributed by atoms with Crippen molar-refractivity contribution in [1.29, 1.82) is 0 Å². The maximum atomic E-state index is 11.2. The van der Waals surface area contributed by atoms with Crippen molar-refractivity contribution in [3.63, 3.8) is 0 Å². The lowest BCUT2D eigenvalue weighted by molar-refractivity contribution is -0.140. The van der Waals surface area contributed by atoms with Crippen LogP contribution in [0.4, 0.5) is 0 Å². The molecule has 0 spiro atoms. The van der Waals surface area contributed by atoms with Gasteiger partial charge in [0.25, 0.3) is 0 Å². The molecule has 0 aromatic heterocycles. The predicted octanol–water partition coefficient (Wildman–Crippen LogP) is 1.41. The van der Waals surface area contributed by atoms with Crippen molar-refractivity contribution in [2.75, 3.05) is 19.4 Å². The summed E-state index contributed by atoms with van der Waals surface area (Å²) in [4.78, 5) is 11.2. The fourth-order valence-corrected chi connectivity index (χ4v) is 1.99. The van der Waals surface area contributed by atoms with Gasteiger partial charge in [0.15, 0.2) is 0 Å². The van der Waals surface area contributed by atoms with Crippen LogP contribution < -0.4 is 5.73 Å². The second-order valence-electron chi connectivity index (χ2n) is 2.81. The highest BCUT2D eigenvalue weighted by molar-refractivity contribution is 8.00. The van der Waals surface area contributed by atoms with Crippen molar-refractivity contribution in [2.45, 2.75) is 31.4 Å². The van der Waals surface area contributed by atoms with E-state index in [4.69, 9.17) is 10.5 Å². The van der Waals surface area contributed by atoms with E-state index in [0.29, 0.717) is 6.54 Å². The van der Waals surface area contributed by atoms with Crippen LogP contribution in [0, 0.1) is 0 Å². The monoisotopic (exact) mass is 205 g/mol. The molecule has 0 heterocycles. The largest absolute Gasteiger partial charge is 0.468 e. The third-order valence-corrected chi connectivity index (χ3v) is 3.02. The maximum absolute atomic E-state index is 11.2. The SMILES string of the molecule is CCCCC(SCCN)C(=O)OC. The highest BCUT2D eigenvalue weighted by Crippen LogP contribution is 2.18. The summed E-state index contributed by atoms with van der Waals surface area (Å²) < 4.78 is 4.71. The zero-order valence-corrected chi connectivity index (χ0v) is 9.23. The van der Waals surface area contributed by atoms with Crippen LogP contribution >= 0.6 is 11.8 Å². The molecule has 0 bridgehead atoms. The Kier molecular flexibility index (Phi) is 8.24. The van der Waals surface area contributed by atoms with Crippen LogP contribution in [-0.2, 0) is 9.53 Å². The molecule has 0 fully saturated rings. The van der Waals surface area contributed by atoms with Gasteiger partial charge in [-0.1, -0.05) is 19.8 Å². The lowest BCUT2D eigenvalue weighted by atomic mass is 10.2. The van der Waals surface area contributed by atoms with Crippen molar-refractivity contribution in [3.05, 3.63) is 0 Å². The van der Waals surface area contributed by atoms with Gasteiger partial charge in [-0.05, 0) is 6.42 Å². The van der Waals surface area contributed by atoms with E-state index >= 15 is 0 Å². The van der Waals surface area contributed by atoms with Crippen LogP contribution in [-0.4, -0.2) is 30.6 Å². The van der Waals surface area contributed by atoms with Gasteiger partial charge in [-0.25, -0.2) is 0 Å². The minimum Gasteiger partial charge on any atom is -0.468 e. The molecule has 78 valence electrons. The summed E-state index contributed by atoms with van der Waals surface area (Å²) in [6.45, 7) is 2.73. The fraction of sp³-hybridized carbons (Fsp3) is 0.889. The number of rotatable bonds is 7. The predicted molar refractivity (Wildman–Crippen MR) is 56.8 cm³/mol. The molecule has 0 aliphatic heterocycles. The molecule has 0 aromatic carbocycles. The number of unbranched alkanes of at least 4 members (excludes halogenated alkanes) is 1. The topological polar surface area (TPSA) is 52.3 Å². The molecule has 2 N–H and O–H groups in total. The Hall–Kier alpha value is -0.220. The zero-order valence-electron chi connectivity index (χ0n) is 8.41. The molecule has 1 unspecified atom stereocenters. The first-order valence-electron chi connectivity index (χ1n) is 4.65. The van der Waals surface area contributed by atoms with E-state index in [-0.39, 0.29) is 11.2 Å². The summed E-state index contributed by atoms with van der Waals surface area (Å²) in [5, 5.41) is -0.0199. The summed E-state index contributed by atoms with van der Waals surface area (Å²) in [5.41, 5.74) is 5.37. The molecule has 0 saturated heterocycles. The molecule has 1 atom stereocenters. The maximum Gasteiger partial charge on any atom is 0.318 e. The van der Waals surface area contributed by atoms with Gasteiger partial charge in [0.2, 0.25) is 0 Å². The van der Waals surface area contributed by atoms with Gasteiger partial charge in [-0.3, -0.25) is 4.79 Å². The first-order chi connectivity index (χ1) is 6.26. The third kappa shape index (κ3) is 5.93. The number of thioether (sulfide) groups is 1. The van der Waals surface area contributed by atoms with Crippen LogP contribution in [0.3, 0.4) is 0 Å². The quantitative estimate of drug-likeness (QED) is 0.638. The van der Waals surface area contributed by atoms with Crippen LogP contribution in [0.25, 0.3) is 0 Å². The Morgan fingerprint density at radius 3 is 2.77 bits per heavy atom. The molecule has 0 amide bonds. The van der Waals surface area contributed by atoms with E-state index in [2.05, 4.69) is 6.92 Å². The van der Waals surface area contributed by atoms with Gasteiger partial charge in [-0.15, -0.1) is 11.8 Å². The van der Waals surface area contributed by atoms with E-state index in [1.54, 1.807) is 11.8 Å². The molecular formula is C9H19NO2S. The molecular weight excluding hydrogens is 186 g/mol. The van der Waals surface area contributed by atoms with Gasteiger partial charge < -0.3 is 10.5 Å². The highest BCUT2D eigenvalue weighted by Gasteiger charge is 2.17. The first-order valence-corrected chi connectivity index (χ1v) is 5.70. The molecule has 0 rings (SSSR count). The number of carbonyl (C=O) groups excluding carboxylic acids is 1. The van der Waals surface area contributed by atoms with Gasteiger partial charge in [0.1, 0.15) is 5.25 Å². The van der Waals surface area contributed by atoms with Gasteiger partial charge in [0.05, 0.1) is 7.11 Å². The first kappa shape index (κ1) is 12.8. The van der Waals surface area contributed by atoms with E-state index in [1.165, 1.54) is 7.11 Å². The minimum atomic E-state index is -0.119. The molecule has 0 aliphatic rings. The van der Waals surface area contributed by atoms with Crippen LogP contribution in [0.15, 0.2) is 0 Å². The number of hydrogen-bond donors (Lipinski definition) is 1. The van der Waals surface area contributed by atoms with E-state index in [0.717, 1.165) is 25.0 Å². The van der Waals surface area contributed by atoms with Crippen molar-refractivity contribution in [3.8, 4) is 0 Å². The average Bonchev–Trinajstić information content (AvgIpc) is 2.17. The average molecular weight is 205 g/mol. The van der Waals surface area contributed by atoms with Crippen molar-refractivity contribution >= 4 is 17.7 Å². The lowest BCUT2D eigenvalue weighted by Crippen LogP contribution is -2.20. The smallest absolute Gasteiger partial charge is 0.318 e. The lowest BCUT2D eigenvalue weighted by Gasteiger charge is -2.12.